The molecule has 6 heteroatoms. The van der Waals surface area contributed by atoms with Gasteiger partial charge in [0.25, 0.3) is 5.91 Å². The summed E-state index contributed by atoms with van der Waals surface area (Å²) in [6.07, 6.45) is 5.55. The largest absolute Gasteiger partial charge is 0.376 e. The summed E-state index contributed by atoms with van der Waals surface area (Å²) in [5.74, 6) is 0.415. The normalized spacial score (nSPS) is 16.4. The second kappa shape index (κ2) is 8.14. The molecule has 1 fully saturated rings. The molecule has 0 aliphatic carbocycles. The lowest BCUT2D eigenvalue weighted by Gasteiger charge is -2.24. The Morgan fingerprint density at radius 1 is 1.19 bits per heavy atom. The van der Waals surface area contributed by atoms with Gasteiger partial charge in [-0.2, -0.15) is 0 Å². The highest BCUT2D eigenvalue weighted by molar-refractivity contribution is 5.93. The molecule has 1 amide bonds. The van der Waals surface area contributed by atoms with Gasteiger partial charge in [0.15, 0.2) is 11.5 Å². The Hall–Kier alpha value is -2.99. The first-order valence-corrected chi connectivity index (χ1v) is 9.11. The van der Waals surface area contributed by atoms with Crippen LogP contribution in [0.5, 0.6) is 0 Å². The van der Waals surface area contributed by atoms with E-state index in [2.05, 4.69) is 10.1 Å². The Bertz CT molecular complexity index is 874. The third kappa shape index (κ3) is 4.23. The molecule has 0 N–H and O–H groups in total. The van der Waals surface area contributed by atoms with Crippen molar-refractivity contribution in [1.29, 1.82) is 0 Å². The molecule has 1 atom stereocenters. The van der Waals surface area contributed by atoms with Gasteiger partial charge in [-0.05, 0) is 24.5 Å². The quantitative estimate of drug-likeness (QED) is 0.670. The Balaban J connectivity index is 1.55. The molecular formula is C21H21N3O3. The highest BCUT2D eigenvalue weighted by Gasteiger charge is 2.26. The minimum Gasteiger partial charge on any atom is -0.376 e. The van der Waals surface area contributed by atoms with E-state index in [1.807, 2.05) is 42.5 Å². The maximum Gasteiger partial charge on any atom is 0.276 e. The van der Waals surface area contributed by atoms with Crippen LogP contribution < -0.4 is 0 Å². The van der Waals surface area contributed by atoms with Crippen LogP contribution in [0.25, 0.3) is 11.3 Å². The second-order valence-electron chi connectivity index (χ2n) is 6.62. The molecule has 0 spiro atoms. The van der Waals surface area contributed by atoms with Crippen LogP contribution >= 0.6 is 0 Å². The zero-order valence-corrected chi connectivity index (χ0v) is 15.0. The van der Waals surface area contributed by atoms with E-state index in [4.69, 9.17) is 9.26 Å². The van der Waals surface area contributed by atoms with Crippen LogP contribution in [0.3, 0.4) is 0 Å². The van der Waals surface area contributed by atoms with Gasteiger partial charge in [-0.1, -0.05) is 41.6 Å². The number of nitrogens with zero attached hydrogens (tertiary/aromatic N) is 3. The average molecular weight is 363 g/mol. The zero-order chi connectivity index (χ0) is 18.5. The Morgan fingerprint density at radius 3 is 2.81 bits per heavy atom. The molecule has 138 valence electrons. The maximum absolute atomic E-state index is 13.1. The number of ether oxygens (including phenoxy) is 1. The van der Waals surface area contributed by atoms with Crippen molar-refractivity contribution in [1.82, 2.24) is 15.0 Å². The molecule has 1 aromatic carbocycles. The first-order valence-electron chi connectivity index (χ1n) is 9.11. The molecular weight excluding hydrogens is 342 g/mol. The number of carbonyl (C=O) groups excluding carboxylic acids is 1. The number of hydrogen-bond donors (Lipinski definition) is 0. The molecule has 1 unspecified atom stereocenters. The van der Waals surface area contributed by atoms with Gasteiger partial charge in [0.2, 0.25) is 0 Å². The Morgan fingerprint density at radius 2 is 2.07 bits per heavy atom. The van der Waals surface area contributed by atoms with E-state index >= 15 is 0 Å². The fraction of sp³-hybridized carbons (Fsp3) is 0.286. The molecule has 0 radical (unpaired) electrons. The van der Waals surface area contributed by atoms with Gasteiger partial charge in [0.05, 0.1) is 6.10 Å². The lowest BCUT2D eigenvalue weighted by Crippen LogP contribution is -2.37. The van der Waals surface area contributed by atoms with Gasteiger partial charge in [-0.15, -0.1) is 0 Å². The SMILES string of the molecule is O=C(c1cc(-c2ccccc2)on1)N(Cc1cccnc1)CC1CCCO1. The van der Waals surface area contributed by atoms with Crippen molar-refractivity contribution in [2.45, 2.75) is 25.5 Å². The van der Waals surface area contributed by atoms with E-state index in [-0.39, 0.29) is 12.0 Å². The summed E-state index contributed by atoms with van der Waals surface area (Å²) in [7, 11) is 0. The summed E-state index contributed by atoms with van der Waals surface area (Å²) >= 11 is 0. The van der Waals surface area contributed by atoms with Gasteiger partial charge >= 0.3 is 0 Å². The van der Waals surface area contributed by atoms with Crippen molar-refractivity contribution in [3.63, 3.8) is 0 Å². The number of hydrogen-bond acceptors (Lipinski definition) is 5. The molecule has 0 saturated carbocycles. The molecule has 0 bridgehead atoms. The summed E-state index contributed by atoms with van der Waals surface area (Å²) in [6.45, 7) is 1.74. The van der Waals surface area contributed by atoms with Crippen LogP contribution in [-0.2, 0) is 11.3 Å². The molecule has 6 nitrogen and oxygen atoms in total. The van der Waals surface area contributed by atoms with Gasteiger partial charge in [0.1, 0.15) is 0 Å². The van der Waals surface area contributed by atoms with Gasteiger partial charge < -0.3 is 14.2 Å². The summed E-state index contributed by atoms with van der Waals surface area (Å²) in [5, 5.41) is 4.01. The minimum atomic E-state index is -0.166. The van der Waals surface area contributed by atoms with Crippen molar-refractivity contribution in [2.75, 3.05) is 13.2 Å². The van der Waals surface area contributed by atoms with Gasteiger partial charge in [-0.25, -0.2) is 0 Å². The number of pyridine rings is 1. The highest BCUT2D eigenvalue weighted by atomic mass is 16.5. The van der Waals surface area contributed by atoms with Gasteiger partial charge in [0, 0.05) is 43.7 Å². The lowest BCUT2D eigenvalue weighted by atomic mass is 10.1. The first kappa shape index (κ1) is 17.4. The Kier molecular flexibility index (Phi) is 5.25. The standard InChI is InChI=1S/C21H21N3O3/c25-21(19-12-20(27-23-19)17-7-2-1-3-8-17)24(15-18-9-5-11-26-18)14-16-6-4-10-22-13-16/h1-4,6-8,10,12-13,18H,5,9,11,14-15H2. The van der Waals surface area contributed by atoms with Crippen LogP contribution in [0.4, 0.5) is 0 Å². The van der Waals surface area contributed by atoms with Crippen LogP contribution in [0, 0.1) is 0 Å². The predicted molar refractivity (Wildman–Crippen MR) is 99.9 cm³/mol. The third-order valence-electron chi connectivity index (χ3n) is 4.62. The summed E-state index contributed by atoms with van der Waals surface area (Å²) in [4.78, 5) is 19.0. The van der Waals surface area contributed by atoms with Crippen molar-refractivity contribution < 1.29 is 14.1 Å². The molecule has 1 aliphatic heterocycles. The number of rotatable bonds is 6. The van der Waals surface area contributed by atoms with Crippen molar-refractivity contribution >= 4 is 5.91 Å². The molecule has 4 rings (SSSR count). The summed E-state index contributed by atoms with van der Waals surface area (Å²) < 4.78 is 11.1. The van der Waals surface area contributed by atoms with E-state index in [0.29, 0.717) is 24.5 Å². The molecule has 2 aromatic heterocycles. The third-order valence-corrected chi connectivity index (χ3v) is 4.62. The van der Waals surface area contributed by atoms with Crippen molar-refractivity contribution in [3.05, 3.63) is 72.2 Å². The topological polar surface area (TPSA) is 68.5 Å². The van der Waals surface area contributed by atoms with Crippen molar-refractivity contribution in [3.8, 4) is 11.3 Å². The van der Waals surface area contributed by atoms with Gasteiger partial charge in [-0.3, -0.25) is 9.78 Å². The van der Waals surface area contributed by atoms with E-state index in [0.717, 1.165) is 30.6 Å². The van der Waals surface area contributed by atoms with E-state index in [1.165, 1.54) is 0 Å². The van der Waals surface area contributed by atoms with Crippen LogP contribution in [0.1, 0.15) is 28.9 Å². The van der Waals surface area contributed by atoms with E-state index in [9.17, 15) is 4.79 Å². The van der Waals surface area contributed by atoms with Crippen LogP contribution in [0.15, 0.2) is 65.4 Å². The molecule has 3 heterocycles. The number of carbonyl (C=O) groups is 1. The van der Waals surface area contributed by atoms with Crippen LogP contribution in [-0.4, -0.2) is 40.2 Å². The minimum absolute atomic E-state index is 0.0612. The smallest absolute Gasteiger partial charge is 0.276 e. The number of aromatic nitrogens is 2. The molecule has 27 heavy (non-hydrogen) atoms. The monoisotopic (exact) mass is 363 g/mol. The van der Waals surface area contributed by atoms with E-state index < -0.39 is 0 Å². The number of benzene rings is 1. The zero-order valence-electron chi connectivity index (χ0n) is 15.0. The first-order chi connectivity index (χ1) is 13.3. The fourth-order valence-electron chi connectivity index (χ4n) is 3.24. The molecule has 1 saturated heterocycles. The predicted octanol–water partition coefficient (Wildman–Crippen LogP) is 3.56. The molecule has 1 aliphatic rings. The maximum atomic E-state index is 13.1. The highest BCUT2D eigenvalue weighted by Crippen LogP contribution is 2.22. The fourth-order valence-corrected chi connectivity index (χ4v) is 3.24. The molecule has 3 aromatic rings. The second-order valence-corrected chi connectivity index (χ2v) is 6.62. The summed E-state index contributed by atoms with van der Waals surface area (Å²) in [5.41, 5.74) is 2.16. The number of amides is 1. The van der Waals surface area contributed by atoms with Crippen LogP contribution in [0.2, 0.25) is 0 Å². The van der Waals surface area contributed by atoms with E-state index in [1.54, 1.807) is 23.4 Å². The summed E-state index contributed by atoms with van der Waals surface area (Å²) in [6, 6.07) is 15.2. The van der Waals surface area contributed by atoms with Crippen molar-refractivity contribution in [2.24, 2.45) is 0 Å². The average Bonchev–Trinajstić information content (AvgIpc) is 3.41. The Labute approximate surface area is 157 Å². The lowest BCUT2D eigenvalue weighted by molar-refractivity contribution is 0.0499.